The monoisotopic (exact) mass is 432 g/mol. The molecule has 0 unspecified atom stereocenters. The summed E-state index contributed by atoms with van der Waals surface area (Å²) in [5, 5.41) is 2.97. The molecule has 1 aliphatic rings. The van der Waals surface area contributed by atoms with Crippen molar-refractivity contribution in [2.75, 3.05) is 19.7 Å². The van der Waals surface area contributed by atoms with Gasteiger partial charge in [-0.1, -0.05) is 24.3 Å². The number of aromatic nitrogens is 2. The molecule has 2 amide bonds. The number of ether oxygens (including phenoxy) is 1. The molecule has 7 heteroatoms. The molecule has 0 radical (unpaired) electrons. The maximum Gasteiger partial charge on any atom is 0.251 e. The molecular weight excluding hydrogens is 404 g/mol. The molecule has 3 heterocycles. The van der Waals surface area contributed by atoms with E-state index in [1.54, 1.807) is 6.20 Å². The molecule has 1 aromatic carbocycles. The first-order valence-corrected chi connectivity index (χ1v) is 10.9. The van der Waals surface area contributed by atoms with Crippen LogP contribution in [0, 0.1) is 0 Å². The minimum absolute atomic E-state index is 0.0215. The van der Waals surface area contributed by atoms with Gasteiger partial charge in [-0.3, -0.25) is 9.59 Å². The van der Waals surface area contributed by atoms with Crippen LogP contribution in [-0.2, 0) is 16.1 Å². The highest BCUT2D eigenvalue weighted by molar-refractivity contribution is 5.94. The predicted molar refractivity (Wildman–Crippen MR) is 123 cm³/mol. The van der Waals surface area contributed by atoms with Gasteiger partial charge < -0.3 is 19.4 Å². The normalized spacial score (nSPS) is 14.0. The Bertz CT molecular complexity index is 1130. The third kappa shape index (κ3) is 5.23. The Kier molecular flexibility index (Phi) is 6.66. The Balaban J connectivity index is 1.31. The molecule has 2 aromatic heterocycles. The van der Waals surface area contributed by atoms with Gasteiger partial charge in [-0.2, -0.15) is 0 Å². The lowest BCUT2D eigenvalue weighted by molar-refractivity contribution is -0.137. The van der Waals surface area contributed by atoms with Gasteiger partial charge in [-0.15, -0.1) is 0 Å². The number of benzene rings is 1. The van der Waals surface area contributed by atoms with Crippen molar-refractivity contribution in [2.45, 2.75) is 32.9 Å². The maximum absolute atomic E-state index is 12.5. The van der Waals surface area contributed by atoms with Crippen molar-refractivity contribution in [1.29, 1.82) is 0 Å². The summed E-state index contributed by atoms with van der Waals surface area (Å²) >= 11 is 0. The van der Waals surface area contributed by atoms with Gasteiger partial charge in [0.15, 0.2) is 0 Å². The van der Waals surface area contributed by atoms with Gasteiger partial charge in [-0.05, 0) is 55.2 Å². The van der Waals surface area contributed by atoms with Crippen molar-refractivity contribution in [3.8, 4) is 0 Å². The van der Waals surface area contributed by atoms with Gasteiger partial charge in [0.1, 0.15) is 12.3 Å². The van der Waals surface area contributed by atoms with E-state index >= 15 is 0 Å². The number of fused-ring (bicyclic) bond motifs is 1. The van der Waals surface area contributed by atoms with E-state index in [0.717, 1.165) is 23.2 Å². The van der Waals surface area contributed by atoms with Gasteiger partial charge in [0.2, 0.25) is 5.91 Å². The lowest BCUT2D eigenvalue weighted by Crippen LogP contribution is -2.37. The number of carbonyl (C=O) groups excluding carboxylic acids is 2. The minimum atomic E-state index is -0.109. The van der Waals surface area contributed by atoms with Crippen LogP contribution in [-0.4, -0.2) is 51.9 Å². The number of hydrogen-bond donors (Lipinski definition) is 1. The van der Waals surface area contributed by atoms with Crippen LogP contribution in [0.5, 0.6) is 0 Å². The smallest absolute Gasteiger partial charge is 0.251 e. The number of imidazole rings is 1. The molecule has 0 spiro atoms. The molecule has 166 valence electrons. The van der Waals surface area contributed by atoms with Crippen molar-refractivity contribution in [3.05, 3.63) is 77.8 Å². The topological polar surface area (TPSA) is 75.9 Å². The van der Waals surface area contributed by atoms with E-state index in [0.29, 0.717) is 25.2 Å². The fraction of sp³-hybridized carbons (Fsp3) is 0.320. The summed E-state index contributed by atoms with van der Waals surface area (Å²) in [5.74, 6) is -0.0879. The molecule has 0 atom stereocenters. The second kappa shape index (κ2) is 9.78. The summed E-state index contributed by atoms with van der Waals surface area (Å²) in [6.07, 6.45) is 8.51. The van der Waals surface area contributed by atoms with Crippen molar-refractivity contribution in [1.82, 2.24) is 19.6 Å². The summed E-state index contributed by atoms with van der Waals surface area (Å²) in [6, 6.07) is 11.5. The van der Waals surface area contributed by atoms with Gasteiger partial charge in [0, 0.05) is 43.8 Å². The van der Waals surface area contributed by atoms with Crippen molar-refractivity contribution in [2.24, 2.45) is 0 Å². The second-order valence-electron chi connectivity index (χ2n) is 8.17. The van der Waals surface area contributed by atoms with Crippen molar-refractivity contribution < 1.29 is 14.3 Å². The van der Waals surface area contributed by atoms with E-state index in [4.69, 9.17) is 4.74 Å². The third-order valence-corrected chi connectivity index (χ3v) is 5.52. The molecule has 0 aliphatic carbocycles. The number of hydrogen-bond acceptors (Lipinski definition) is 4. The summed E-state index contributed by atoms with van der Waals surface area (Å²) in [4.78, 5) is 30.8. The van der Waals surface area contributed by atoms with E-state index in [-0.39, 0.29) is 24.5 Å². The summed E-state index contributed by atoms with van der Waals surface area (Å²) in [6.45, 7) is 5.68. The van der Waals surface area contributed by atoms with Gasteiger partial charge in [0.05, 0.1) is 6.10 Å². The molecular formula is C25H28N4O3. The molecule has 1 N–H and O–H groups in total. The first-order valence-electron chi connectivity index (χ1n) is 10.9. The van der Waals surface area contributed by atoms with Crippen LogP contribution in [0.1, 0.15) is 41.8 Å². The highest BCUT2D eigenvalue weighted by atomic mass is 16.5. The molecule has 7 nitrogen and oxygen atoms in total. The first kappa shape index (κ1) is 21.8. The predicted octanol–water partition coefficient (Wildman–Crippen LogP) is 3.31. The Morgan fingerprint density at radius 2 is 1.97 bits per heavy atom. The third-order valence-electron chi connectivity index (χ3n) is 5.52. The van der Waals surface area contributed by atoms with Crippen LogP contribution in [0.15, 0.2) is 61.1 Å². The first-order chi connectivity index (χ1) is 15.5. The van der Waals surface area contributed by atoms with E-state index < -0.39 is 0 Å². The van der Waals surface area contributed by atoms with E-state index in [1.165, 1.54) is 5.57 Å². The SMILES string of the molecule is CC(C)OCC(=O)N1CC=C(c2ccc(C(=O)NCc3ccc4nccn4c3)cc2)CC1. The van der Waals surface area contributed by atoms with Crippen LogP contribution in [0.2, 0.25) is 0 Å². The largest absolute Gasteiger partial charge is 0.369 e. The zero-order valence-electron chi connectivity index (χ0n) is 18.5. The van der Waals surface area contributed by atoms with Gasteiger partial charge in [-0.25, -0.2) is 4.98 Å². The molecule has 0 fully saturated rings. The molecule has 4 rings (SSSR count). The van der Waals surface area contributed by atoms with E-state index in [2.05, 4.69) is 16.4 Å². The number of nitrogens with zero attached hydrogens (tertiary/aromatic N) is 3. The molecule has 0 bridgehead atoms. The van der Waals surface area contributed by atoms with Crippen molar-refractivity contribution >= 4 is 23.0 Å². The maximum atomic E-state index is 12.5. The second-order valence-corrected chi connectivity index (χ2v) is 8.17. The zero-order valence-corrected chi connectivity index (χ0v) is 18.5. The molecule has 32 heavy (non-hydrogen) atoms. The standard InChI is InChI=1S/C25H28N4O3/c1-18(2)32-17-24(30)28-12-9-21(10-13-28)20-4-6-22(7-5-20)25(31)27-15-19-3-8-23-26-11-14-29(23)16-19/h3-9,11,14,16,18H,10,12-13,15,17H2,1-2H3,(H,27,31). The molecule has 0 saturated carbocycles. The number of carbonyl (C=O) groups is 2. The Hall–Kier alpha value is -3.45. The van der Waals surface area contributed by atoms with Gasteiger partial charge >= 0.3 is 0 Å². The highest BCUT2D eigenvalue weighted by Crippen LogP contribution is 2.23. The van der Waals surface area contributed by atoms with Crippen LogP contribution in [0.25, 0.3) is 11.2 Å². The Morgan fingerprint density at radius 1 is 1.16 bits per heavy atom. The van der Waals surface area contributed by atoms with E-state index in [9.17, 15) is 9.59 Å². The van der Waals surface area contributed by atoms with Crippen LogP contribution < -0.4 is 5.32 Å². The summed E-state index contributed by atoms with van der Waals surface area (Å²) in [5.41, 5.74) is 4.78. The fourth-order valence-electron chi connectivity index (χ4n) is 3.68. The lowest BCUT2D eigenvalue weighted by Gasteiger charge is -2.27. The highest BCUT2D eigenvalue weighted by Gasteiger charge is 2.18. The average molecular weight is 433 g/mol. The lowest BCUT2D eigenvalue weighted by atomic mass is 9.98. The minimum Gasteiger partial charge on any atom is -0.369 e. The summed E-state index contributed by atoms with van der Waals surface area (Å²) < 4.78 is 7.34. The molecule has 0 saturated heterocycles. The summed E-state index contributed by atoms with van der Waals surface area (Å²) in [7, 11) is 0. The zero-order chi connectivity index (χ0) is 22.5. The average Bonchev–Trinajstić information content (AvgIpc) is 3.29. The number of pyridine rings is 1. The number of amides is 2. The molecule has 3 aromatic rings. The van der Waals surface area contributed by atoms with Crippen LogP contribution in [0.3, 0.4) is 0 Å². The molecule has 1 aliphatic heterocycles. The van der Waals surface area contributed by atoms with Crippen molar-refractivity contribution in [3.63, 3.8) is 0 Å². The van der Waals surface area contributed by atoms with Crippen LogP contribution in [0.4, 0.5) is 0 Å². The number of nitrogens with one attached hydrogen (secondary N) is 1. The van der Waals surface area contributed by atoms with Crippen LogP contribution >= 0.6 is 0 Å². The Morgan fingerprint density at radius 3 is 2.69 bits per heavy atom. The van der Waals surface area contributed by atoms with Gasteiger partial charge in [0.25, 0.3) is 5.91 Å². The Labute approximate surface area is 187 Å². The fourth-order valence-corrected chi connectivity index (χ4v) is 3.68. The quantitative estimate of drug-likeness (QED) is 0.622. The van der Waals surface area contributed by atoms with E-state index in [1.807, 2.05) is 71.9 Å². The number of rotatable bonds is 7.